The Hall–Kier alpha value is -2.06. The van der Waals surface area contributed by atoms with Gasteiger partial charge in [-0.2, -0.15) is 5.10 Å². The second kappa shape index (κ2) is 8.35. The highest BCUT2D eigenvalue weighted by molar-refractivity contribution is 9.10. The molecule has 0 spiro atoms. The third kappa shape index (κ3) is 4.73. The van der Waals surface area contributed by atoms with Crippen LogP contribution in [0.15, 0.2) is 28.9 Å². The van der Waals surface area contributed by atoms with Gasteiger partial charge in [-0.05, 0) is 48.0 Å². The van der Waals surface area contributed by atoms with Crippen LogP contribution in [0.2, 0.25) is 5.02 Å². The van der Waals surface area contributed by atoms with Crippen LogP contribution < -0.4 is 10.1 Å². The summed E-state index contributed by atoms with van der Waals surface area (Å²) in [6.07, 6.45) is 0.525. The minimum Gasteiger partial charge on any atom is -0.480 e. The van der Waals surface area contributed by atoms with Crippen LogP contribution >= 0.6 is 27.5 Å². The summed E-state index contributed by atoms with van der Waals surface area (Å²) in [5.41, 5.74) is 0.178. The lowest BCUT2D eigenvalue weighted by molar-refractivity contribution is -0.122. The van der Waals surface area contributed by atoms with Crippen molar-refractivity contribution in [3.05, 3.63) is 39.5 Å². The molecular weight excluding hydrogens is 414 g/mol. The summed E-state index contributed by atoms with van der Waals surface area (Å²) in [7, 11) is 1.61. The number of nitrogens with zero attached hydrogens (tertiary/aromatic N) is 2. The third-order valence-corrected chi connectivity index (χ3v) is 4.10. The first-order chi connectivity index (χ1) is 11.8. The molecule has 1 aromatic carbocycles. The normalized spacial score (nSPS) is 11.7. The summed E-state index contributed by atoms with van der Waals surface area (Å²) in [5, 5.41) is 7.17. The fourth-order valence-electron chi connectivity index (χ4n) is 1.98. The van der Waals surface area contributed by atoms with E-state index in [0.717, 1.165) is 0 Å². The number of aryl methyl sites for hydroxylation is 1. The van der Waals surface area contributed by atoms with Gasteiger partial charge in [0.15, 0.2) is 6.10 Å². The van der Waals surface area contributed by atoms with Gasteiger partial charge in [0.2, 0.25) is 0 Å². The maximum Gasteiger partial charge on any atom is 0.343 e. The smallest absolute Gasteiger partial charge is 0.343 e. The van der Waals surface area contributed by atoms with E-state index in [9.17, 15) is 9.59 Å². The lowest BCUT2D eigenvalue weighted by Crippen LogP contribution is -2.31. The van der Waals surface area contributed by atoms with Crippen molar-refractivity contribution in [3.8, 4) is 5.75 Å². The Bertz CT molecular complexity index is 794. The first-order valence-corrected chi connectivity index (χ1v) is 8.62. The summed E-state index contributed by atoms with van der Waals surface area (Å²) in [6, 6.07) is 4.98. The molecule has 1 N–H and O–H groups in total. The molecule has 7 nitrogen and oxygen atoms in total. The molecule has 0 saturated heterocycles. The van der Waals surface area contributed by atoms with E-state index in [1.807, 2.05) is 0 Å². The lowest BCUT2D eigenvalue weighted by atomic mass is 10.3. The predicted octanol–water partition coefficient (Wildman–Crippen LogP) is 3.42. The summed E-state index contributed by atoms with van der Waals surface area (Å²) >= 11 is 9.21. The largest absolute Gasteiger partial charge is 0.480 e. The van der Waals surface area contributed by atoms with Gasteiger partial charge >= 0.3 is 5.97 Å². The molecule has 0 saturated carbocycles. The topological polar surface area (TPSA) is 82.5 Å². The molecule has 2 rings (SSSR count). The Morgan fingerprint density at radius 2 is 2.16 bits per heavy atom. The molecule has 134 valence electrons. The Balaban J connectivity index is 2.11. The van der Waals surface area contributed by atoms with Crippen LogP contribution in [-0.4, -0.2) is 34.4 Å². The van der Waals surface area contributed by atoms with Crippen LogP contribution in [0.4, 0.5) is 5.82 Å². The number of carbonyl (C=O) groups excluding carboxylic acids is 2. The number of carbonyl (C=O) groups is 2. The van der Waals surface area contributed by atoms with Crippen LogP contribution in [0.25, 0.3) is 0 Å². The Kier molecular flexibility index (Phi) is 6.44. The van der Waals surface area contributed by atoms with E-state index in [4.69, 9.17) is 21.1 Å². The first-order valence-electron chi connectivity index (χ1n) is 7.45. The van der Waals surface area contributed by atoms with Crippen molar-refractivity contribution >= 4 is 45.2 Å². The van der Waals surface area contributed by atoms with Gasteiger partial charge in [-0.3, -0.25) is 9.48 Å². The summed E-state index contributed by atoms with van der Waals surface area (Å²) in [5.74, 6) is -0.271. The molecule has 25 heavy (non-hydrogen) atoms. The van der Waals surface area contributed by atoms with Crippen molar-refractivity contribution in [3.63, 3.8) is 0 Å². The molecule has 9 heteroatoms. The number of amides is 1. The van der Waals surface area contributed by atoms with Crippen molar-refractivity contribution in [2.45, 2.75) is 20.0 Å². The highest BCUT2D eigenvalue weighted by Gasteiger charge is 2.23. The van der Waals surface area contributed by atoms with Gasteiger partial charge in [-0.1, -0.05) is 11.6 Å². The molecule has 2 aromatic rings. The molecule has 1 amide bonds. The minimum atomic E-state index is -0.817. The van der Waals surface area contributed by atoms with E-state index >= 15 is 0 Å². The zero-order valence-electron chi connectivity index (χ0n) is 13.9. The van der Waals surface area contributed by atoms with E-state index in [0.29, 0.717) is 15.2 Å². The number of hydrogen-bond donors (Lipinski definition) is 1. The van der Waals surface area contributed by atoms with Crippen LogP contribution in [0.1, 0.15) is 24.2 Å². The first kappa shape index (κ1) is 19.3. The molecular formula is C16H17BrClN3O4. The van der Waals surface area contributed by atoms with Crippen molar-refractivity contribution < 1.29 is 19.1 Å². The van der Waals surface area contributed by atoms with Crippen LogP contribution in [0, 0.1) is 0 Å². The number of esters is 1. The number of hydrogen-bond acceptors (Lipinski definition) is 5. The van der Waals surface area contributed by atoms with Gasteiger partial charge in [0, 0.05) is 12.1 Å². The van der Waals surface area contributed by atoms with Gasteiger partial charge in [-0.15, -0.1) is 0 Å². The van der Waals surface area contributed by atoms with E-state index in [2.05, 4.69) is 26.3 Å². The van der Waals surface area contributed by atoms with Crippen molar-refractivity contribution in [2.75, 3.05) is 11.9 Å². The average Bonchev–Trinajstić information content (AvgIpc) is 2.91. The number of aromatic nitrogens is 2. The molecule has 1 heterocycles. The number of benzene rings is 1. The van der Waals surface area contributed by atoms with E-state index in [-0.39, 0.29) is 18.0 Å². The van der Waals surface area contributed by atoms with E-state index in [1.54, 1.807) is 39.1 Å². The summed E-state index contributed by atoms with van der Waals surface area (Å²) in [6.45, 7) is 3.52. The Labute approximate surface area is 158 Å². The van der Waals surface area contributed by atoms with Crippen LogP contribution in [-0.2, 0) is 16.6 Å². The fraction of sp³-hybridized carbons (Fsp3) is 0.312. The zero-order chi connectivity index (χ0) is 18.6. The lowest BCUT2D eigenvalue weighted by Gasteiger charge is -2.16. The van der Waals surface area contributed by atoms with Gasteiger partial charge in [0.05, 0.1) is 17.3 Å². The predicted molar refractivity (Wildman–Crippen MR) is 97.0 cm³/mol. The highest BCUT2D eigenvalue weighted by Crippen LogP contribution is 2.29. The standard InChI is InChI=1S/C16H17BrClN3O4/c1-4-24-16(23)11-8-19-21(3)14(11)20-15(22)9(2)25-13-6-5-10(18)7-12(13)17/h5-9H,4H2,1-3H3,(H,20,22). The van der Waals surface area contributed by atoms with Crippen molar-refractivity contribution in [1.29, 1.82) is 0 Å². The van der Waals surface area contributed by atoms with Crippen molar-refractivity contribution in [1.82, 2.24) is 9.78 Å². The van der Waals surface area contributed by atoms with Crippen LogP contribution in [0.3, 0.4) is 0 Å². The van der Waals surface area contributed by atoms with E-state index < -0.39 is 18.0 Å². The maximum atomic E-state index is 12.4. The fourth-order valence-corrected chi connectivity index (χ4v) is 2.75. The molecule has 0 aliphatic heterocycles. The average molecular weight is 431 g/mol. The third-order valence-electron chi connectivity index (χ3n) is 3.24. The second-order valence-corrected chi connectivity index (χ2v) is 6.37. The molecule has 0 bridgehead atoms. The maximum absolute atomic E-state index is 12.4. The van der Waals surface area contributed by atoms with Gasteiger partial charge in [0.1, 0.15) is 17.1 Å². The molecule has 1 unspecified atom stereocenters. The zero-order valence-corrected chi connectivity index (χ0v) is 16.2. The molecule has 0 aliphatic carbocycles. The Morgan fingerprint density at radius 3 is 2.80 bits per heavy atom. The quantitative estimate of drug-likeness (QED) is 0.710. The molecule has 0 radical (unpaired) electrons. The Morgan fingerprint density at radius 1 is 1.44 bits per heavy atom. The molecule has 0 fully saturated rings. The van der Waals surface area contributed by atoms with E-state index in [1.165, 1.54) is 10.9 Å². The summed E-state index contributed by atoms with van der Waals surface area (Å²) in [4.78, 5) is 24.3. The number of nitrogens with one attached hydrogen (secondary N) is 1. The molecule has 1 atom stereocenters. The molecule has 0 aliphatic rings. The highest BCUT2D eigenvalue weighted by atomic mass is 79.9. The number of rotatable bonds is 6. The van der Waals surface area contributed by atoms with Crippen LogP contribution in [0.5, 0.6) is 5.75 Å². The molecule has 1 aromatic heterocycles. The number of ether oxygens (including phenoxy) is 2. The van der Waals surface area contributed by atoms with Crippen molar-refractivity contribution in [2.24, 2.45) is 7.05 Å². The van der Waals surface area contributed by atoms with Gasteiger partial charge < -0.3 is 14.8 Å². The minimum absolute atomic E-state index is 0.178. The monoisotopic (exact) mass is 429 g/mol. The second-order valence-electron chi connectivity index (χ2n) is 5.08. The SMILES string of the molecule is CCOC(=O)c1cnn(C)c1NC(=O)C(C)Oc1ccc(Cl)cc1Br. The van der Waals surface area contributed by atoms with Gasteiger partial charge in [0.25, 0.3) is 5.91 Å². The summed E-state index contributed by atoms with van der Waals surface area (Å²) < 4.78 is 12.6. The number of halogens is 2. The number of anilines is 1. The van der Waals surface area contributed by atoms with Gasteiger partial charge in [-0.25, -0.2) is 4.79 Å².